The molecule has 0 aromatic heterocycles. The van der Waals surface area contributed by atoms with Gasteiger partial charge in [-0.3, -0.25) is 0 Å². The third-order valence-electron chi connectivity index (χ3n) is 1.73. The molecule has 0 amide bonds. The minimum absolute atomic E-state index is 0.0508. The van der Waals surface area contributed by atoms with E-state index in [4.69, 9.17) is 21.8 Å². The van der Waals surface area contributed by atoms with Crippen molar-refractivity contribution < 1.29 is 19.0 Å². The van der Waals surface area contributed by atoms with E-state index in [-0.39, 0.29) is 17.3 Å². The first-order valence-corrected chi connectivity index (χ1v) is 4.59. The van der Waals surface area contributed by atoms with Crippen LogP contribution in [0, 0.1) is 11.6 Å². The normalized spacial score (nSPS) is 12.6. The summed E-state index contributed by atoms with van der Waals surface area (Å²) in [6, 6.07) is 2.05. The topological polar surface area (TPSA) is 52.5 Å². The van der Waals surface area contributed by atoms with Crippen LogP contribution in [0.1, 0.15) is 0 Å². The highest BCUT2D eigenvalue weighted by Gasteiger charge is 2.11. The Kier molecular flexibility index (Phi) is 4.26. The molecule has 1 aromatic carbocycles. The van der Waals surface area contributed by atoms with Crippen LogP contribution in [0.2, 0.25) is 5.02 Å². The average Bonchev–Trinajstić information content (AvgIpc) is 2.20. The van der Waals surface area contributed by atoms with Crippen molar-refractivity contribution in [2.45, 2.75) is 6.10 Å². The first kappa shape index (κ1) is 12.2. The molecule has 0 aliphatic heterocycles. The van der Waals surface area contributed by atoms with Crippen LogP contribution in [0.15, 0.2) is 12.1 Å². The molecular weight excluding hydrogens is 228 g/mol. The number of aliphatic hydroxyl groups excluding tert-OH is 2. The SMILES string of the molecule is OCC(O)CNc1cc(Cl)cc(F)c1F. The molecular formula is C9H10ClF2NO2. The summed E-state index contributed by atoms with van der Waals surface area (Å²) in [5.41, 5.74) is -0.146. The molecule has 0 spiro atoms. The molecule has 0 aliphatic carbocycles. The third-order valence-corrected chi connectivity index (χ3v) is 1.95. The molecule has 1 aromatic rings. The molecule has 0 fully saturated rings. The zero-order chi connectivity index (χ0) is 11.4. The molecule has 1 atom stereocenters. The van der Waals surface area contributed by atoms with Gasteiger partial charge in [-0.15, -0.1) is 0 Å². The summed E-state index contributed by atoms with van der Waals surface area (Å²) >= 11 is 5.51. The summed E-state index contributed by atoms with van der Waals surface area (Å²) in [5.74, 6) is -2.13. The van der Waals surface area contributed by atoms with E-state index in [1.807, 2.05) is 0 Å². The molecule has 0 heterocycles. The monoisotopic (exact) mass is 237 g/mol. The summed E-state index contributed by atoms with van der Waals surface area (Å²) in [6.45, 7) is -0.551. The Hall–Kier alpha value is -0.910. The second kappa shape index (κ2) is 5.25. The number of nitrogens with one attached hydrogen (secondary N) is 1. The molecule has 1 rings (SSSR count). The molecule has 1 unspecified atom stereocenters. The minimum Gasteiger partial charge on any atom is -0.394 e. The average molecular weight is 238 g/mol. The highest BCUT2D eigenvalue weighted by Crippen LogP contribution is 2.22. The summed E-state index contributed by atoms with van der Waals surface area (Å²) in [5, 5.41) is 20.0. The molecule has 6 heteroatoms. The van der Waals surface area contributed by atoms with Crippen molar-refractivity contribution in [2.24, 2.45) is 0 Å². The van der Waals surface area contributed by atoms with Crippen LogP contribution in [0.25, 0.3) is 0 Å². The van der Waals surface area contributed by atoms with E-state index in [1.165, 1.54) is 6.07 Å². The fourth-order valence-corrected chi connectivity index (χ4v) is 1.18. The minimum atomic E-state index is -1.07. The van der Waals surface area contributed by atoms with Gasteiger partial charge in [0.25, 0.3) is 0 Å². The number of aliphatic hydroxyl groups is 2. The zero-order valence-electron chi connectivity index (χ0n) is 7.67. The Morgan fingerprint density at radius 3 is 2.67 bits per heavy atom. The third kappa shape index (κ3) is 3.30. The van der Waals surface area contributed by atoms with E-state index in [0.717, 1.165) is 6.07 Å². The smallest absolute Gasteiger partial charge is 0.181 e. The lowest BCUT2D eigenvalue weighted by Gasteiger charge is -2.11. The Labute approximate surface area is 90.3 Å². The molecule has 0 radical (unpaired) electrons. The number of rotatable bonds is 4. The second-order valence-electron chi connectivity index (χ2n) is 2.97. The largest absolute Gasteiger partial charge is 0.394 e. The zero-order valence-corrected chi connectivity index (χ0v) is 8.43. The van der Waals surface area contributed by atoms with E-state index in [2.05, 4.69) is 5.32 Å². The molecule has 3 nitrogen and oxygen atoms in total. The van der Waals surface area contributed by atoms with Gasteiger partial charge in [0.1, 0.15) is 0 Å². The quantitative estimate of drug-likeness (QED) is 0.694. The summed E-state index contributed by atoms with van der Waals surface area (Å²) in [7, 11) is 0. The molecule has 84 valence electrons. The molecule has 0 saturated carbocycles. The van der Waals surface area contributed by atoms with Crippen LogP contribution in [0.5, 0.6) is 0 Å². The Bertz CT molecular complexity index is 349. The maximum atomic E-state index is 13.1. The van der Waals surface area contributed by atoms with Gasteiger partial charge in [0.15, 0.2) is 11.6 Å². The van der Waals surface area contributed by atoms with Crippen molar-refractivity contribution in [3.63, 3.8) is 0 Å². The summed E-state index contributed by atoms with van der Waals surface area (Å²) in [6.07, 6.45) is -1.04. The molecule has 0 bridgehead atoms. The highest BCUT2D eigenvalue weighted by atomic mass is 35.5. The van der Waals surface area contributed by atoms with Crippen molar-refractivity contribution in [2.75, 3.05) is 18.5 Å². The van der Waals surface area contributed by atoms with Gasteiger partial charge < -0.3 is 15.5 Å². The van der Waals surface area contributed by atoms with Crippen molar-refractivity contribution in [1.29, 1.82) is 0 Å². The lowest BCUT2D eigenvalue weighted by Crippen LogP contribution is -2.23. The van der Waals surface area contributed by atoms with Crippen LogP contribution in [0.4, 0.5) is 14.5 Å². The van der Waals surface area contributed by atoms with Crippen molar-refractivity contribution in [3.05, 3.63) is 28.8 Å². The molecule has 15 heavy (non-hydrogen) atoms. The van der Waals surface area contributed by atoms with Gasteiger partial charge in [0, 0.05) is 11.6 Å². The van der Waals surface area contributed by atoms with E-state index < -0.39 is 24.3 Å². The fraction of sp³-hybridized carbons (Fsp3) is 0.333. The maximum absolute atomic E-state index is 13.1. The van der Waals surface area contributed by atoms with Crippen LogP contribution in [-0.2, 0) is 0 Å². The Morgan fingerprint density at radius 1 is 1.40 bits per heavy atom. The van der Waals surface area contributed by atoms with Crippen molar-refractivity contribution in [3.8, 4) is 0 Å². The van der Waals surface area contributed by atoms with E-state index >= 15 is 0 Å². The molecule has 0 saturated heterocycles. The number of benzene rings is 1. The van der Waals surface area contributed by atoms with Crippen molar-refractivity contribution in [1.82, 2.24) is 0 Å². The fourth-order valence-electron chi connectivity index (χ4n) is 0.977. The van der Waals surface area contributed by atoms with Gasteiger partial charge in [-0.25, -0.2) is 8.78 Å². The molecule has 3 N–H and O–H groups in total. The van der Waals surface area contributed by atoms with Gasteiger partial charge in [0.05, 0.1) is 18.4 Å². The second-order valence-corrected chi connectivity index (χ2v) is 3.40. The maximum Gasteiger partial charge on any atom is 0.181 e. The van der Waals surface area contributed by atoms with Gasteiger partial charge in [0.2, 0.25) is 0 Å². The van der Waals surface area contributed by atoms with Crippen LogP contribution in [0.3, 0.4) is 0 Å². The Balaban J connectivity index is 2.76. The summed E-state index contributed by atoms with van der Waals surface area (Å²) < 4.78 is 25.9. The van der Waals surface area contributed by atoms with Gasteiger partial charge in [-0.1, -0.05) is 11.6 Å². The van der Waals surface area contributed by atoms with Crippen LogP contribution in [-0.4, -0.2) is 29.5 Å². The van der Waals surface area contributed by atoms with Crippen molar-refractivity contribution >= 4 is 17.3 Å². The lowest BCUT2D eigenvalue weighted by atomic mass is 10.2. The van der Waals surface area contributed by atoms with E-state index in [9.17, 15) is 8.78 Å². The van der Waals surface area contributed by atoms with Gasteiger partial charge >= 0.3 is 0 Å². The highest BCUT2D eigenvalue weighted by molar-refractivity contribution is 6.30. The number of hydrogen-bond donors (Lipinski definition) is 3. The molecule has 0 aliphatic rings. The van der Waals surface area contributed by atoms with E-state index in [1.54, 1.807) is 0 Å². The lowest BCUT2D eigenvalue weighted by molar-refractivity contribution is 0.105. The predicted octanol–water partition coefficient (Wildman–Crippen LogP) is 1.38. The van der Waals surface area contributed by atoms with E-state index in [0.29, 0.717) is 0 Å². The first-order valence-electron chi connectivity index (χ1n) is 4.22. The standard InChI is InChI=1S/C9H10ClF2NO2/c10-5-1-7(11)9(12)8(2-5)13-3-6(15)4-14/h1-2,6,13-15H,3-4H2. The Morgan fingerprint density at radius 2 is 2.07 bits per heavy atom. The van der Waals surface area contributed by atoms with Crippen LogP contribution < -0.4 is 5.32 Å². The van der Waals surface area contributed by atoms with Gasteiger partial charge in [-0.05, 0) is 12.1 Å². The number of anilines is 1. The van der Waals surface area contributed by atoms with Crippen LogP contribution >= 0.6 is 11.6 Å². The van der Waals surface area contributed by atoms with Gasteiger partial charge in [-0.2, -0.15) is 0 Å². The number of halogens is 3. The first-order chi connectivity index (χ1) is 7.04. The predicted molar refractivity (Wildman–Crippen MR) is 53.0 cm³/mol. The summed E-state index contributed by atoms with van der Waals surface area (Å²) in [4.78, 5) is 0. The number of hydrogen-bond acceptors (Lipinski definition) is 3.